The molecular weight excluding hydrogens is 212 g/mol. The van der Waals surface area contributed by atoms with Crippen molar-refractivity contribution in [3.8, 4) is 0 Å². The van der Waals surface area contributed by atoms with Crippen LogP contribution in [0.4, 0.5) is 11.4 Å². The maximum atomic E-state index is 10.8. The molecule has 0 spiro atoms. The molecule has 0 aromatic heterocycles. The first kappa shape index (κ1) is 13.6. The molecule has 0 heterocycles. The van der Waals surface area contributed by atoms with Crippen molar-refractivity contribution in [2.45, 2.75) is 39.5 Å². The van der Waals surface area contributed by atoms with Crippen LogP contribution in [0.3, 0.4) is 0 Å². The minimum atomic E-state index is -0.0368. The van der Waals surface area contributed by atoms with E-state index in [0.29, 0.717) is 0 Å². The van der Waals surface area contributed by atoms with Gasteiger partial charge in [0.2, 0.25) is 5.91 Å². The van der Waals surface area contributed by atoms with Crippen LogP contribution in [0, 0.1) is 0 Å². The van der Waals surface area contributed by atoms with Crippen LogP contribution < -0.4 is 10.6 Å². The number of carbonyl (C=O) groups is 1. The summed E-state index contributed by atoms with van der Waals surface area (Å²) >= 11 is 0. The van der Waals surface area contributed by atoms with E-state index in [1.807, 2.05) is 24.3 Å². The van der Waals surface area contributed by atoms with Crippen molar-refractivity contribution in [3.05, 3.63) is 24.3 Å². The molecule has 0 atom stereocenters. The fraction of sp³-hybridized carbons (Fsp3) is 0.500. The average Bonchev–Trinajstić information content (AvgIpc) is 2.30. The first-order valence-corrected chi connectivity index (χ1v) is 6.34. The molecule has 17 heavy (non-hydrogen) atoms. The molecule has 0 aliphatic heterocycles. The van der Waals surface area contributed by atoms with Crippen molar-refractivity contribution in [2.75, 3.05) is 17.2 Å². The quantitative estimate of drug-likeness (QED) is 0.707. The van der Waals surface area contributed by atoms with E-state index < -0.39 is 0 Å². The normalized spacial score (nSPS) is 10.0. The van der Waals surface area contributed by atoms with Crippen molar-refractivity contribution in [1.82, 2.24) is 0 Å². The van der Waals surface area contributed by atoms with Gasteiger partial charge in [0, 0.05) is 24.8 Å². The summed E-state index contributed by atoms with van der Waals surface area (Å²) < 4.78 is 0. The summed E-state index contributed by atoms with van der Waals surface area (Å²) in [6, 6.07) is 7.81. The highest BCUT2D eigenvalue weighted by molar-refractivity contribution is 5.88. The number of rotatable bonds is 7. The zero-order valence-electron chi connectivity index (χ0n) is 10.8. The van der Waals surface area contributed by atoms with Crippen LogP contribution in [0.1, 0.15) is 39.5 Å². The molecule has 3 nitrogen and oxygen atoms in total. The Kier molecular flexibility index (Phi) is 6.15. The van der Waals surface area contributed by atoms with Gasteiger partial charge >= 0.3 is 0 Å². The molecule has 0 aliphatic carbocycles. The van der Waals surface area contributed by atoms with Gasteiger partial charge in [-0.15, -0.1) is 0 Å². The Morgan fingerprint density at radius 3 is 2.29 bits per heavy atom. The summed E-state index contributed by atoms with van der Waals surface area (Å²) in [4.78, 5) is 10.8. The van der Waals surface area contributed by atoms with Crippen LogP contribution in [-0.2, 0) is 4.79 Å². The smallest absolute Gasteiger partial charge is 0.221 e. The number of carbonyl (C=O) groups excluding carboxylic acids is 1. The van der Waals surface area contributed by atoms with Gasteiger partial charge in [-0.25, -0.2) is 0 Å². The second-order valence-corrected chi connectivity index (χ2v) is 4.25. The molecule has 0 fully saturated rings. The number of benzene rings is 1. The Balaban J connectivity index is 2.28. The van der Waals surface area contributed by atoms with Gasteiger partial charge in [0.15, 0.2) is 0 Å². The zero-order chi connectivity index (χ0) is 12.5. The highest BCUT2D eigenvalue weighted by atomic mass is 16.1. The third-order valence-electron chi connectivity index (χ3n) is 2.56. The van der Waals surface area contributed by atoms with Crippen LogP contribution in [0.5, 0.6) is 0 Å². The Bertz CT molecular complexity index is 333. The molecule has 0 radical (unpaired) electrons. The van der Waals surface area contributed by atoms with E-state index in [9.17, 15) is 4.79 Å². The molecule has 3 heteroatoms. The fourth-order valence-corrected chi connectivity index (χ4v) is 1.66. The van der Waals surface area contributed by atoms with Crippen LogP contribution in [0.2, 0.25) is 0 Å². The lowest BCUT2D eigenvalue weighted by Crippen LogP contribution is -2.06. The maximum absolute atomic E-state index is 10.8. The number of unbranched alkanes of at least 4 members (excludes halogenated alkanes) is 3. The lowest BCUT2D eigenvalue weighted by Gasteiger charge is -2.07. The molecule has 0 unspecified atom stereocenters. The second kappa shape index (κ2) is 7.71. The third kappa shape index (κ3) is 5.95. The number of hydrogen-bond acceptors (Lipinski definition) is 2. The van der Waals surface area contributed by atoms with Crippen molar-refractivity contribution >= 4 is 17.3 Å². The summed E-state index contributed by atoms with van der Waals surface area (Å²) in [7, 11) is 0. The van der Waals surface area contributed by atoms with Gasteiger partial charge in [-0.05, 0) is 30.7 Å². The van der Waals surface area contributed by atoms with E-state index in [0.717, 1.165) is 17.9 Å². The molecule has 1 amide bonds. The summed E-state index contributed by atoms with van der Waals surface area (Å²) in [5.41, 5.74) is 1.95. The van der Waals surface area contributed by atoms with Crippen molar-refractivity contribution in [2.24, 2.45) is 0 Å². The molecule has 1 aromatic rings. The van der Waals surface area contributed by atoms with E-state index in [1.165, 1.54) is 32.6 Å². The van der Waals surface area contributed by atoms with Gasteiger partial charge in [-0.2, -0.15) is 0 Å². The van der Waals surface area contributed by atoms with Crippen molar-refractivity contribution < 1.29 is 4.79 Å². The number of amides is 1. The molecule has 0 saturated carbocycles. The molecule has 0 saturated heterocycles. The Morgan fingerprint density at radius 2 is 1.71 bits per heavy atom. The fourth-order valence-electron chi connectivity index (χ4n) is 1.66. The monoisotopic (exact) mass is 234 g/mol. The van der Waals surface area contributed by atoms with Gasteiger partial charge in [0.1, 0.15) is 0 Å². The summed E-state index contributed by atoms with van der Waals surface area (Å²) in [5.74, 6) is -0.0368. The lowest BCUT2D eigenvalue weighted by atomic mass is 10.2. The second-order valence-electron chi connectivity index (χ2n) is 4.25. The summed E-state index contributed by atoms with van der Waals surface area (Å²) in [6.07, 6.45) is 5.07. The SMILES string of the molecule is CCCCCCNc1ccc(NC(C)=O)cc1. The topological polar surface area (TPSA) is 41.1 Å². The van der Waals surface area contributed by atoms with Crippen LogP contribution in [0.15, 0.2) is 24.3 Å². The van der Waals surface area contributed by atoms with Crippen LogP contribution in [0.25, 0.3) is 0 Å². The van der Waals surface area contributed by atoms with Gasteiger partial charge in [0.05, 0.1) is 0 Å². The molecule has 1 rings (SSSR count). The number of hydrogen-bond donors (Lipinski definition) is 2. The van der Waals surface area contributed by atoms with Gasteiger partial charge in [0.25, 0.3) is 0 Å². The first-order chi connectivity index (χ1) is 8.22. The van der Waals surface area contributed by atoms with E-state index in [4.69, 9.17) is 0 Å². The van der Waals surface area contributed by atoms with E-state index >= 15 is 0 Å². The number of anilines is 2. The maximum Gasteiger partial charge on any atom is 0.221 e. The summed E-state index contributed by atoms with van der Waals surface area (Å²) in [6.45, 7) is 4.74. The lowest BCUT2D eigenvalue weighted by molar-refractivity contribution is -0.114. The Labute approximate surface area is 104 Å². The predicted octanol–water partition coefficient (Wildman–Crippen LogP) is 3.64. The van der Waals surface area contributed by atoms with Crippen molar-refractivity contribution in [3.63, 3.8) is 0 Å². The largest absolute Gasteiger partial charge is 0.385 e. The van der Waals surface area contributed by atoms with Crippen LogP contribution >= 0.6 is 0 Å². The van der Waals surface area contributed by atoms with Gasteiger partial charge in [-0.1, -0.05) is 26.2 Å². The Morgan fingerprint density at radius 1 is 1.06 bits per heavy atom. The molecule has 0 bridgehead atoms. The number of nitrogens with one attached hydrogen (secondary N) is 2. The highest BCUT2D eigenvalue weighted by Gasteiger charge is 1.95. The average molecular weight is 234 g/mol. The third-order valence-corrected chi connectivity index (χ3v) is 2.56. The molecule has 2 N–H and O–H groups in total. The van der Waals surface area contributed by atoms with E-state index in [-0.39, 0.29) is 5.91 Å². The minimum Gasteiger partial charge on any atom is -0.385 e. The molecule has 0 aliphatic rings. The molecule has 1 aromatic carbocycles. The van der Waals surface area contributed by atoms with E-state index in [2.05, 4.69) is 17.6 Å². The summed E-state index contributed by atoms with van der Waals surface area (Å²) in [5, 5.41) is 6.12. The molecular formula is C14H22N2O. The van der Waals surface area contributed by atoms with Gasteiger partial charge in [-0.3, -0.25) is 4.79 Å². The van der Waals surface area contributed by atoms with Crippen molar-refractivity contribution in [1.29, 1.82) is 0 Å². The molecule has 94 valence electrons. The first-order valence-electron chi connectivity index (χ1n) is 6.34. The minimum absolute atomic E-state index is 0.0368. The zero-order valence-corrected chi connectivity index (χ0v) is 10.8. The Hall–Kier alpha value is -1.51. The highest BCUT2D eigenvalue weighted by Crippen LogP contribution is 2.13. The van der Waals surface area contributed by atoms with Crippen LogP contribution in [-0.4, -0.2) is 12.5 Å². The van der Waals surface area contributed by atoms with E-state index in [1.54, 1.807) is 0 Å². The standard InChI is InChI=1S/C14H22N2O/c1-3-4-5-6-11-15-13-7-9-14(10-8-13)16-12(2)17/h7-10,15H,3-6,11H2,1-2H3,(H,16,17). The van der Waals surface area contributed by atoms with Gasteiger partial charge < -0.3 is 10.6 Å². The predicted molar refractivity (Wildman–Crippen MR) is 73.4 cm³/mol.